The summed E-state index contributed by atoms with van der Waals surface area (Å²) in [4.78, 5) is 6.63. The third-order valence-corrected chi connectivity index (χ3v) is 5.36. The van der Waals surface area contributed by atoms with Crippen molar-refractivity contribution < 1.29 is 4.74 Å². The van der Waals surface area contributed by atoms with Crippen molar-refractivity contribution in [1.82, 2.24) is 24.6 Å². The second-order valence-corrected chi connectivity index (χ2v) is 7.04. The van der Waals surface area contributed by atoms with Gasteiger partial charge in [-0.1, -0.05) is 24.4 Å². The van der Waals surface area contributed by atoms with Gasteiger partial charge in [0.05, 0.1) is 17.3 Å². The molecule has 7 heteroatoms. The van der Waals surface area contributed by atoms with Gasteiger partial charge >= 0.3 is 0 Å². The van der Waals surface area contributed by atoms with E-state index in [0.29, 0.717) is 29.5 Å². The first-order chi connectivity index (χ1) is 11.7. The van der Waals surface area contributed by atoms with Crippen LogP contribution < -0.4 is 4.74 Å². The van der Waals surface area contributed by atoms with Crippen LogP contribution in [-0.4, -0.2) is 37.2 Å². The number of ether oxygens (including phenoxy) is 1. The van der Waals surface area contributed by atoms with Gasteiger partial charge in [-0.15, -0.1) is 10.2 Å². The third kappa shape index (κ3) is 3.00. The normalized spacial score (nSPS) is 21.8. The Labute approximate surface area is 146 Å². The molecule has 128 valence electrons. The molecule has 1 saturated carbocycles. The number of hydrogen-bond donors (Lipinski definition) is 0. The summed E-state index contributed by atoms with van der Waals surface area (Å²) < 4.78 is 7.98. The van der Waals surface area contributed by atoms with Crippen molar-refractivity contribution in [2.75, 3.05) is 6.54 Å². The molecule has 1 aliphatic carbocycles. The van der Waals surface area contributed by atoms with Gasteiger partial charge in [0.25, 0.3) is 0 Å². The van der Waals surface area contributed by atoms with Crippen molar-refractivity contribution in [2.45, 2.75) is 57.8 Å². The lowest BCUT2D eigenvalue weighted by molar-refractivity contribution is 0.108. The average molecular weight is 348 g/mol. The van der Waals surface area contributed by atoms with Crippen LogP contribution in [0.3, 0.4) is 0 Å². The molecule has 6 nitrogen and oxygen atoms in total. The number of aromatic nitrogens is 4. The largest absolute Gasteiger partial charge is 0.484 e. The van der Waals surface area contributed by atoms with Crippen molar-refractivity contribution in [3.63, 3.8) is 0 Å². The van der Waals surface area contributed by atoms with Crippen molar-refractivity contribution in [1.29, 1.82) is 0 Å². The van der Waals surface area contributed by atoms with E-state index in [1.54, 1.807) is 18.5 Å². The second-order valence-electron chi connectivity index (χ2n) is 6.61. The maximum Gasteiger partial charge on any atom is 0.171 e. The lowest BCUT2D eigenvalue weighted by Gasteiger charge is -2.37. The maximum atomic E-state index is 5.94. The standard InChI is InChI=1S/C17H22ClN5O/c1-12-17-21-20-16(11-24-15-8-13(18)9-19-10-15)23(17)7-6-22(12)14-4-2-3-5-14/h8-10,12,14H,2-7,11H2,1H3/t12-/m1/s1. The number of pyridine rings is 1. The summed E-state index contributed by atoms with van der Waals surface area (Å²) in [7, 11) is 0. The van der Waals surface area contributed by atoms with Gasteiger partial charge < -0.3 is 9.30 Å². The van der Waals surface area contributed by atoms with E-state index in [1.165, 1.54) is 25.7 Å². The first-order valence-electron chi connectivity index (χ1n) is 8.63. The van der Waals surface area contributed by atoms with Crippen molar-refractivity contribution >= 4 is 11.6 Å². The highest BCUT2D eigenvalue weighted by atomic mass is 35.5. The molecule has 0 amide bonds. The molecule has 0 N–H and O–H groups in total. The Bertz CT molecular complexity index is 713. The van der Waals surface area contributed by atoms with Crippen LogP contribution in [0.5, 0.6) is 5.75 Å². The Kier molecular flexibility index (Phi) is 4.41. The smallest absolute Gasteiger partial charge is 0.171 e. The molecular formula is C17H22ClN5O. The summed E-state index contributed by atoms with van der Waals surface area (Å²) >= 11 is 5.94. The van der Waals surface area contributed by atoms with E-state index in [1.807, 2.05) is 0 Å². The van der Waals surface area contributed by atoms with E-state index in [-0.39, 0.29) is 0 Å². The van der Waals surface area contributed by atoms with Crippen molar-refractivity contribution in [3.8, 4) is 5.75 Å². The van der Waals surface area contributed by atoms with Gasteiger partial charge in [0.15, 0.2) is 5.82 Å². The zero-order valence-electron chi connectivity index (χ0n) is 13.9. The summed E-state index contributed by atoms with van der Waals surface area (Å²) in [6, 6.07) is 2.78. The quantitative estimate of drug-likeness (QED) is 0.850. The van der Waals surface area contributed by atoms with Crippen LogP contribution >= 0.6 is 11.6 Å². The SMILES string of the molecule is C[C@@H]1c2nnc(COc3cncc(Cl)c3)n2CCN1C1CCCC1. The first-order valence-corrected chi connectivity index (χ1v) is 9.01. The molecule has 1 atom stereocenters. The van der Waals surface area contributed by atoms with E-state index < -0.39 is 0 Å². The average Bonchev–Trinajstić information content (AvgIpc) is 3.23. The van der Waals surface area contributed by atoms with Gasteiger partial charge in [0.2, 0.25) is 0 Å². The molecule has 24 heavy (non-hydrogen) atoms. The first kappa shape index (κ1) is 15.8. The summed E-state index contributed by atoms with van der Waals surface area (Å²) in [5.41, 5.74) is 0. The van der Waals surface area contributed by atoms with Crippen LogP contribution in [0.4, 0.5) is 0 Å². The van der Waals surface area contributed by atoms with Crippen molar-refractivity contribution in [2.24, 2.45) is 0 Å². The lowest BCUT2D eigenvalue weighted by Crippen LogP contribution is -2.43. The third-order valence-electron chi connectivity index (χ3n) is 5.15. The van der Waals surface area contributed by atoms with Crippen LogP contribution in [-0.2, 0) is 13.2 Å². The van der Waals surface area contributed by atoms with Crippen LogP contribution in [0.25, 0.3) is 0 Å². The zero-order valence-corrected chi connectivity index (χ0v) is 14.6. The highest BCUT2D eigenvalue weighted by Gasteiger charge is 2.33. The van der Waals surface area contributed by atoms with Crippen LogP contribution in [0.1, 0.15) is 50.3 Å². The minimum Gasteiger partial charge on any atom is -0.484 e. The number of rotatable bonds is 4. The summed E-state index contributed by atoms with van der Waals surface area (Å²) in [5.74, 6) is 2.56. The van der Waals surface area contributed by atoms with E-state index >= 15 is 0 Å². The van der Waals surface area contributed by atoms with Crippen molar-refractivity contribution in [3.05, 3.63) is 35.1 Å². The summed E-state index contributed by atoms with van der Waals surface area (Å²) in [6.07, 6.45) is 8.59. The highest BCUT2D eigenvalue weighted by Crippen LogP contribution is 2.33. The Hall–Kier alpha value is -1.66. The molecule has 4 rings (SSSR count). The molecule has 3 heterocycles. The molecule has 0 saturated heterocycles. The van der Waals surface area contributed by atoms with E-state index in [0.717, 1.165) is 24.7 Å². The molecule has 0 bridgehead atoms. The van der Waals surface area contributed by atoms with Gasteiger partial charge in [-0.25, -0.2) is 0 Å². The van der Waals surface area contributed by atoms with E-state index in [4.69, 9.17) is 16.3 Å². The molecule has 0 unspecified atom stereocenters. The Morgan fingerprint density at radius 3 is 2.83 bits per heavy atom. The molecular weight excluding hydrogens is 326 g/mol. The highest BCUT2D eigenvalue weighted by molar-refractivity contribution is 6.30. The molecule has 0 aromatic carbocycles. The molecule has 1 fully saturated rings. The van der Waals surface area contributed by atoms with Gasteiger partial charge in [-0.3, -0.25) is 9.88 Å². The molecule has 2 aromatic rings. The lowest BCUT2D eigenvalue weighted by atomic mass is 10.1. The minimum atomic E-state index is 0.316. The van der Waals surface area contributed by atoms with Crippen LogP contribution in [0, 0.1) is 0 Å². The topological polar surface area (TPSA) is 56.1 Å². The van der Waals surface area contributed by atoms with E-state index in [9.17, 15) is 0 Å². The molecule has 2 aliphatic rings. The number of nitrogens with zero attached hydrogens (tertiary/aromatic N) is 5. The van der Waals surface area contributed by atoms with Gasteiger partial charge in [-0.05, 0) is 19.8 Å². The fourth-order valence-corrected chi connectivity index (χ4v) is 4.08. The predicted octanol–water partition coefficient (Wildman–Crippen LogP) is 3.22. The molecule has 0 radical (unpaired) electrons. The van der Waals surface area contributed by atoms with Gasteiger partial charge in [-0.2, -0.15) is 0 Å². The summed E-state index contributed by atoms with van der Waals surface area (Å²) in [5, 5.41) is 9.36. The second kappa shape index (κ2) is 6.69. The Morgan fingerprint density at radius 1 is 1.21 bits per heavy atom. The number of halogens is 1. The van der Waals surface area contributed by atoms with Crippen LogP contribution in [0.2, 0.25) is 5.02 Å². The molecule has 0 spiro atoms. The molecule has 2 aromatic heterocycles. The zero-order chi connectivity index (χ0) is 16.5. The fourth-order valence-electron chi connectivity index (χ4n) is 3.92. The number of hydrogen-bond acceptors (Lipinski definition) is 5. The monoisotopic (exact) mass is 347 g/mol. The van der Waals surface area contributed by atoms with Crippen LogP contribution in [0.15, 0.2) is 18.5 Å². The Morgan fingerprint density at radius 2 is 2.04 bits per heavy atom. The molecule has 1 aliphatic heterocycles. The predicted molar refractivity (Wildman–Crippen MR) is 91.0 cm³/mol. The Balaban J connectivity index is 1.47. The van der Waals surface area contributed by atoms with Gasteiger partial charge in [0, 0.05) is 31.4 Å². The maximum absolute atomic E-state index is 5.94. The summed E-state index contributed by atoms with van der Waals surface area (Å²) in [6.45, 7) is 4.60. The van der Waals surface area contributed by atoms with Gasteiger partial charge in [0.1, 0.15) is 18.2 Å². The number of fused-ring (bicyclic) bond motifs is 1. The van der Waals surface area contributed by atoms with E-state index in [2.05, 4.69) is 31.6 Å². The minimum absolute atomic E-state index is 0.316. The fraction of sp³-hybridized carbons (Fsp3) is 0.588.